The van der Waals surface area contributed by atoms with Crippen LogP contribution in [-0.4, -0.2) is 15.8 Å². The minimum absolute atomic E-state index is 0.555. The van der Waals surface area contributed by atoms with Gasteiger partial charge in [0.1, 0.15) is 0 Å². The standard InChI is InChI=1S/C13H14N2O/c1-15-11-6-3-7-14-12(11)10(8-16)13(15)9-4-2-5-9/h3,6-9H,2,4-5H2,1H3. The average molecular weight is 214 g/mol. The fourth-order valence-corrected chi connectivity index (χ4v) is 2.60. The second kappa shape index (κ2) is 3.44. The highest BCUT2D eigenvalue weighted by Gasteiger charge is 2.27. The van der Waals surface area contributed by atoms with Crippen LogP contribution in [0.4, 0.5) is 0 Å². The Morgan fingerprint density at radius 3 is 2.94 bits per heavy atom. The fraction of sp³-hybridized carbons (Fsp3) is 0.385. The van der Waals surface area contributed by atoms with E-state index in [9.17, 15) is 4.79 Å². The minimum Gasteiger partial charge on any atom is -0.345 e. The van der Waals surface area contributed by atoms with E-state index in [1.807, 2.05) is 19.2 Å². The number of hydrogen-bond acceptors (Lipinski definition) is 2. The van der Waals surface area contributed by atoms with Crippen molar-refractivity contribution < 1.29 is 4.79 Å². The topological polar surface area (TPSA) is 34.9 Å². The predicted molar refractivity (Wildman–Crippen MR) is 62.7 cm³/mol. The van der Waals surface area contributed by atoms with Crippen molar-refractivity contribution in [1.82, 2.24) is 9.55 Å². The van der Waals surface area contributed by atoms with Gasteiger partial charge >= 0.3 is 0 Å². The van der Waals surface area contributed by atoms with E-state index in [4.69, 9.17) is 0 Å². The molecule has 2 heterocycles. The summed E-state index contributed by atoms with van der Waals surface area (Å²) >= 11 is 0. The number of fused-ring (bicyclic) bond motifs is 1. The first kappa shape index (κ1) is 9.58. The van der Waals surface area contributed by atoms with Gasteiger partial charge in [0.25, 0.3) is 0 Å². The second-order valence-electron chi connectivity index (χ2n) is 4.47. The zero-order valence-corrected chi connectivity index (χ0v) is 9.31. The van der Waals surface area contributed by atoms with Crippen molar-refractivity contribution in [3.8, 4) is 0 Å². The van der Waals surface area contributed by atoms with Crippen LogP contribution in [0.15, 0.2) is 18.3 Å². The molecule has 1 aliphatic carbocycles. The van der Waals surface area contributed by atoms with Gasteiger partial charge in [-0.3, -0.25) is 9.78 Å². The fourth-order valence-electron chi connectivity index (χ4n) is 2.60. The monoisotopic (exact) mass is 214 g/mol. The molecule has 0 saturated heterocycles. The minimum atomic E-state index is 0.555. The van der Waals surface area contributed by atoms with Crippen LogP contribution in [-0.2, 0) is 7.05 Å². The van der Waals surface area contributed by atoms with Crippen LogP contribution in [0.3, 0.4) is 0 Å². The van der Waals surface area contributed by atoms with E-state index in [-0.39, 0.29) is 0 Å². The van der Waals surface area contributed by atoms with E-state index < -0.39 is 0 Å². The first-order chi connectivity index (χ1) is 7.83. The highest BCUT2D eigenvalue weighted by molar-refractivity contribution is 5.97. The molecular formula is C13H14N2O. The zero-order chi connectivity index (χ0) is 11.1. The lowest BCUT2D eigenvalue weighted by molar-refractivity contribution is 0.112. The molecule has 82 valence electrons. The van der Waals surface area contributed by atoms with Gasteiger partial charge < -0.3 is 4.57 Å². The van der Waals surface area contributed by atoms with Crippen LogP contribution in [0.5, 0.6) is 0 Å². The van der Waals surface area contributed by atoms with E-state index in [1.54, 1.807) is 6.20 Å². The Labute approximate surface area is 94.1 Å². The third-order valence-electron chi connectivity index (χ3n) is 3.65. The summed E-state index contributed by atoms with van der Waals surface area (Å²) in [6.07, 6.45) is 6.39. The van der Waals surface area contributed by atoms with Gasteiger partial charge in [-0.25, -0.2) is 0 Å². The number of nitrogens with zero attached hydrogens (tertiary/aromatic N) is 2. The maximum atomic E-state index is 11.2. The summed E-state index contributed by atoms with van der Waals surface area (Å²) in [6, 6.07) is 3.94. The number of pyridine rings is 1. The number of aromatic nitrogens is 2. The van der Waals surface area contributed by atoms with Crippen molar-refractivity contribution in [2.75, 3.05) is 0 Å². The SMILES string of the molecule is Cn1c(C2CCC2)c(C=O)c2ncccc21. The average Bonchev–Trinajstić information content (AvgIpc) is 2.51. The van der Waals surface area contributed by atoms with Crippen molar-refractivity contribution in [2.24, 2.45) is 7.05 Å². The summed E-state index contributed by atoms with van der Waals surface area (Å²) in [7, 11) is 2.03. The third kappa shape index (κ3) is 1.14. The number of hydrogen-bond donors (Lipinski definition) is 0. The van der Waals surface area contributed by atoms with Gasteiger partial charge in [-0.05, 0) is 30.9 Å². The van der Waals surface area contributed by atoms with Gasteiger partial charge in [0, 0.05) is 18.9 Å². The second-order valence-corrected chi connectivity index (χ2v) is 4.47. The summed E-state index contributed by atoms with van der Waals surface area (Å²) in [5.41, 5.74) is 3.88. The van der Waals surface area contributed by atoms with Gasteiger partial charge in [-0.2, -0.15) is 0 Å². The molecule has 0 N–H and O–H groups in total. The maximum Gasteiger partial charge on any atom is 0.154 e. The normalized spacial score (nSPS) is 16.3. The van der Waals surface area contributed by atoms with E-state index in [1.165, 1.54) is 25.0 Å². The van der Waals surface area contributed by atoms with Crippen molar-refractivity contribution in [1.29, 1.82) is 0 Å². The smallest absolute Gasteiger partial charge is 0.154 e. The molecule has 0 spiro atoms. The summed E-state index contributed by atoms with van der Waals surface area (Å²) in [4.78, 5) is 15.6. The Morgan fingerprint density at radius 2 is 2.31 bits per heavy atom. The molecule has 16 heavy (non-hydrogen) atoms. The highest BCUT2D eigenvalue weighted by Crippen LogP contribution is 2.40. The van der Waals surface area contributed by atoms with Crippen molar-refractivity contribution in [3.05, 3.63) is 29.6 Å². The summed E-state index contributed by atoms with van der Waals surface area (Å²) in [5, 5.41) is 0. The molecule has 3 nitrogen and oxygen atoms in total. The third-order valence-corrected chi connectivity index (χ3v) is 3.65. The summed E-state index contributed by atoms with van der Waals surface area (Å²) < 4.78 is 2.13. The molecule has 0 amide bonds. The Bertz CT molecular complexity index is 552. The van der Waals surface area contributed by atoms with Gasteiger partial charge in [-0.15, -0.1) is 0 Å². The van der Waals surface area contributed by atoms with Crippen LogP contribution in [0.25, 0.3) is 11.0 Å². The molecule has 1 fully saturated rings. The molecule has 0 radical (unpaired) electrons. The summed E-state index contributed by atoms with van der Waals surface area (Å²) in [6.45, 7) is 0. The van der Waals surface area contributed by atoms with Gasteiger partial charge in [0.05, 0.1) is 16.6 Å². The number of aldehydes is 1. The molecule has 0 unspecified atom stereocenters. The van der Waals surface area contributed by atoms with E-state index in [0.717, 1.165) is 22.9 Å². The van der Waals surface area contributed by atoms with Crippen LogP contribution in [0.1, 0.15) is 41.2 Å². The quantitative estimate of drug-likeness (QED) is 0.720. The zero-order valence-electron chi connectivity index (χ0n) is 9.31. The molecule has 1 saturated carbocycles. The molecule has 0 bridgehead atoms. The first-order valence-corrected chi connectivity index (χ1v) is 5.71. The Kier molecular flexibility index (Phi) is 2.06. The van der Waals surface area contributed by atoms with Gasteiger partial charge in [0.2, 0.25) is 0 Å². The molecular weight excluding hydrogens is 200 g/mol. The van der Waals surface area contributed by atoms with Crippen molar-refractivity contribution in [2.45, 2.75) is 25.2 Å². The van der Waals surface area contributed by atoms with Gasteiger partial charge in [-0.1, -0.05) is 6.42 Å². The number of rotatable bonds is 2. The largest absolute Gasteiger partial charge is 0.345 e. The van der Waals surface area contributed by atoms with E-state index in [0.29, 0.717) is 5.92 Å². The van der Waals surface area contributed by atoms with E-state index in [2.05, 4.69) is 9.55 Å². The summed E-state index contributed by atoms with van der Waals surface area (Å²) in [5.74, 6) is 0.555. The molecule has 3 heteroatoms. The van der Waals surface area contributed by atoms with Crippen LogP contribution in [0.2, 0.25) is 0 Å². The Balaban J connectivity index is 2.32. The first-order valence-electron chi connectivity index (χ1n) is 5.71. The molecule has 1 aliphatic rings. The molecule has 0 atom stereocenters. The van der Waals surface area contributed by atoms with Crippen molar-refractivity contribution in [3.63, 3.8) is 0 Å². The van der Waals surface area contributed by atoms with Crippen molar-refractivity contribution >= 4 is 17.3 Å². The highest BCUT2D eigenvalue weighted by atomic mass is 16.1. The lowest BCUT2D eigenvalue weighted by Crippen LogP contribution is -2.14. The lowest BCUT2D eigenvalue weighted by atomic mass is 9.81. The maximum absolute atomic E-state index is 11.2. The predicted octanol–water partition coefficient (Wildman–Crippen LogP) is 2.65. The Hall–Kier alpha value is -1.64. The lowest BCUT2D eigenvalue weighted by Gasteiger charge is -2.26. The molecule has 3 rings (SSSR count). The Morgan fingerprint density at radius 1 is 1.50 bits per heavy atom. The number of aryl methyl sites for hydroxylation is 1. The van der Waals surface area contributed by atoms with Gasteiger partial charge in [0.15, 0.2) is 6.29 Å². The number of carbonyl (C=O) groups excluding carboxylic acids is 1. The number of carbonyl (C=O) groups is 1. The molecule has 0 aromatic carbocycles. The molecule has 0 aliphatic heterocycles. The molecule has 2 aromatic rings. The molecule has 2 aromatic heterocycles. The van der Waals surface area contributed by atoms with E-state index >= 15 is 0 Å². The van der Waals surface area contributed by atoms with Crippen LogP contribution < -0.4 is 0 Å². The van der Waals surface area contributed by atoms with Crippen LogP contribution >= 0.6 is 0 Å². The van der Waals surface area contributed by atoms with Crippen LogP contribution in [0, 0.1) is 0 Å².